The summed E-state index contributed by atoms with van der Waals surface area (Å²) in [7, 11) is 0. The fourth-order valence-corrected chi connectivity index (χ4v) is 4.08. The molecule has 0 unspecified atom stereocenters. The molecule has 6 heteroatoms. The second-order valence-electron chi connectivity index (χ2n) is 9.40. The topological polar surface area (TPSA) is 62.7 Å². The molecular formula is C26H35N3O3. The van der Waals surface area contributed by atoms with Gasteiger partial charge >= 0.3 is 6.09 Å². The van der Waals surface area contributed by atoms with E-state index in [0.29, 0.717) is 17.9 Å². The first-order valence-corrected chi connectivity index (χ1v) is 11.6. The first-order chi connectivity index (χ1) is 15.2. The number of carbonyl (C=O) groups excluding carboxylic acids is 2. The molecule has 1 saturated heterocycles. The number of anilines is 1. The number of aromatic nitrogens is 1. The first kappa shape index (κ1) is 23.8. The van der Waals surface area contributed by atoms with Crippen LogP contribution in [0, 0.1) is 0 Å². The van der Waals surface area contributed by atoms with Crippen LogP contribution in [0.2, 0.25) is 0 Å². The molecule has 2 amide bonds. The van der Waals surface area contributed by atoms with E-state index in [1.54, 1.807) is 11.1 Å². The smallest absolute Gasteiger partial charge is 0.416 e. The molecule has 0 radical (unpaired) electrons. The summed E-state index contributed by atoms with van der Waals surface area (Å²) < 4.78 is 5.73. The Morgan fingerprint density at radius 2 is 1.88 bits per heavy atom. The van der Waals surface area contributed by atoms with Crippen molar-refractivity contribution in [2.75, 3.05) is 11.4 Å². The zero-order valence-electron chi connectivity index (χ0n) is 19.9. The van der Waals surface area contributed by atoms with Crippen LogP contribution in [0.25, 0.3) is 0 Å². The summed E-state index contributed by atoms with van der Waals surface area (Å²) in [6, 6.07) is 13.0. The van der Waals surface area contributed by atoms with Crippen molar-refractivity contribution < 1.29 is 14.3 Å². The van der Waals surface area contributed by atoms with Crippen LogP contribution in [0.1, 0.15) is 82.3 Å². The van der Waals surface area contributed by atoms with Crippen molar-refractivity contribution >= 4 is 17.8 Å². The highest BCUT2D eigenvalue weighted by Crippen LogP contribution is 2.37. The normalized spacial score (nSPS) is 17.5. The fourth-order valence-electron chi connectivity index (χ4n) is 4.08. The van der Waals surface area contributed by atoms with Crippen LogP contribution in [0.3, 0.4) is 0 Å². The summed E-state index contributed by atoms with van der Waals surface area (Å²) in [5, 5.41) is 0. The third-order valence-corrected chi connectivity index (χ3v) is 5.81. The fraction of sp³-hybridized carbons (Fsp3) is 0.500. The van der Waals surface area contributed by atoms with Gasteiger partial charge in [-0.15, -0.1) is 0 Å². The van der Waals surface area contributed by atoms with Gasteiger partial charge in [-0.05, 0) is 71.6 Å². The lowest BCUT2D eigenvalue weighted by Crippen LogP contribution is -2.44. The summed E-state index contributed by atoms with van der Waals surface area (Å²) in [4.78, 5) is 34.8. The van der Waals surface area contributed by atoms with E-state index in [-0.39, 0.29) is 18.0 Å². The van der Waals surface area contributed by atoms with E-state index in [9.17, 15) is 9.59 Å². The van der Waals surface area contributed by atoms with Gasteiger partial charge in [0.05, 0.1) is 6.04 Å². The van der Waals surface area contributed by atoms with E-state index in [2.05, 4.69) is 4.98 Å². The highest BCUT2D eigenvalue weighted by molar-refractivity contribution is 5.95. The number of pyridine rings is 1. The Kier molecular flexibility index (Phi) is 7.54. The summed E-state index contributed by atoms with van der Waals surface area (Å²) in [6.45, 7) is 10.3. The van der Waals surface area contributed by atoms with Gasteiger partial charge in [0.25, 0.3) is 5.91 Å². The third kappa shape index (κ3) is 5.47. The number of rotatable bonds is 5. The number of piperidine rings is 1. The number of hydrogen-bond acceptors (Lipinski definition) is 4. The standard InChI is InChI=1S/C26H35N3O3/c1-6-19(2)29(25(31)32-26(3,4)5)23-21(15-12-17-27-23)22-16-10-11-18-28(22)24(30)20-13-8-7-9-14-20/h7-9,12-15,17,19,22H,6,10-11,16,18H2,1-5H3/t19-,22+/m1/s1. The van der Waals surface area contributed by atoms with E-state index >= 15 is 0 Å². The van der Waals surface area contributed by atoms with Crippen LogP contribution in [0.5, 0.6) is 0 Å². The molecule has 1 aromatic heterocycles. The highest BCUT2D eigenvalue weighted by atomic mass is 16.6. The number of ether oxygens (including phenoxy) is 1. The van der Waals surface area contributed by atoms with Gasteiger partial charge in [-0.3, -0.25) is 9.69 Å². The molecular weight excluding hydrogens is 402 g/mol. The monoisotopic (exact) mass is 437 g/mol. The van der Waals surface area contributed by atoms with Crippen LogP contribution in [0.4, 0.5) is 10.6 Å². The number of likely N-dealkylation sites (tertiary alicyclic amines) is 1. The molecule has 6 nitrogen and oxygen atoms in total. The molecule has 2 atom stereocenters. The molecule has 172 valence electrons. The van der Waals surface area contributed by atoms with Gasteiger partial charge in [0.2, 0.25) is 0 Å². The predicted octanol–water partition coefficient (Wildman–Crippen LogP) is 5.99. The van der Waals surface area contributed by atoms with Crippen molar-refractivity contribution in [2.24, 2.45) is 0 Å². The number of benzene rings is 1. The van der Waals surface area contributed by atoms with Gasteiger partial charge < -0.3 is 9.64 Å². The van der Waals surface area contributed by atoms with Crippen LogP contribution in [-0.2, 0) is 4.74 Å². The lowest BCUT2D eigenvalue weighted by atomic mass is 9.94. The molecule has 0 N–H and O–H groups in total. The van der Waals surface area contributed by atoms with Crippen molar-refractivity contribution in [3.05, 3.63) is 59.8 Å². The molecule has 1 fully saturated rings. The Balaban J connectivity index is 2.02. The number of amides is 2. The van der Waals surface area contributed by atoms with Crippen molar-refractivity contribution in [3.63, 3.8) is 0 Å². The molecule has 0 aliphatic carbocycles. The maximum atomic E-state index is 13.4. The van der Waals surface area contributed by atoms with Gasteiger partial charge in [0.15, 0.2) is 0 Å². The number of hydrogen-bond donors (Lipinski definition) is 0. The second-order valence-corrected chi connectivity index (χ2v) is 9.40. The summed E-state index contributed by atoms with van der Waals surface area (Å²) in [6.07, 6.45) is 4.86. The molecule has 1 aliphatic rings. The van der Waals surface area contributed by atoms with E-state index < -0.39 is 11.7 Å². The minimum Gasteiger partial charge on any atom is -0.443 e. The Morgan fingerprint density at radius 3 is 2.53 bits per heavy atom. The Labute approximate surface area is 191 Å². The van der Waals surface area contributed by atoms with Gasteiger partial charge in [0, 0.05) is 29.9 Å². The largest absolute Gasteiger partial charge is 0.443 e. The SMILES string of the molecule is CC[C@@H](C)N(C(=O)OC(C)(C)C)c1ncccc1[C@@H]1CCCCN1C(=O)c1ccccc1. The van der Waals surface area contributed by atoms with E-state index in [0.717, 1.165) is 31.2 Å². The van der Waals surface area contributed by atoms with Gasteiger partial charge in [-0.1, -0.05) is 31.2 Å². The van der Waals surface area contributed by atoms with Gasteiger partial charge in [-0.2, -0.15) is 0 Å². The summed E-state index contributed by atoms with van der Waals surface area (Å²) >= 11 is 0. The minimum absolute atomic E-state index is 0.0115. The molecule has 3 rings (SSSR count). The van der Waals surface area contributed by atoms with E-state index in [4.69, 9.17) is 4.74 Å². The Hall–Kier alpha value is -2.89. The van der Waals surface area contributed by atoms with Crippen LogP contribution in [0.15, 0.2) is 48.7 Å². The average Bonchev–Trinajstić information content (AvgIpc) is 2.78. The zero-order valence-corrected chi connectivity index (χ0v) is 19.9. The highest BCUT2D eigenvalue weighted by Gasteiger charge is 2.35. The van der Waals surface area contributed by atoms with Crippen LogP contribution in [-0.4, -0.2) is 40.1 Å². The average molecular weight is 438 g/mol. The van der Waals surface area contributed by atoms with E-state index in [1.165, 1.54) is 0 Å². The quantitative estimate of drug-likeness (QED) is 0.576. The maximum Gasteiger partial charge on any atom is 0.416 e. The molecule has 1 aromatic carbocycles. The first-order valence-electron chi connectivity index (χ1n) is 11.6. The van der Waals surface area contributed by atoms with Crippen LogP contribution < -0.4 is 4.90 Å². The van der Waals surface area contributed by atoms with E-state index in [1.807, 2.05) is 82.0 Å². The number of carbonyl (C=O) groups is 2. The maximum absolute atomic E-state index is 13.4. The number of nitrogens with zero attached hydrogens (tertiary/aromatic N) is 3. The van der Waals surface area contributed by atoms with Crippen molar-refractivity contribution in [2.45, 2.75) is 78.0 Å². The Bertz CT molecular complexity index is 923. The Morgan fingerprint density at radius 1 is 1.16 bits per heavy atom. The molecule has 0 spiro atoms. The minimum atomic E-state index is -0.613. The summed E-state index contributed by atoms with van der Waals surface area (Å²) in [5.41, 5.74) is 0.955. The molecule has 32 heavy (non-hydrogen) atoms. The third-order valence-electron chi connectivity index (χ3n) is 5.81. The van der Waals surface area contributed by atoms with Crippen molar-refractivity contribution in [1.82, 2.24) is 9.88 Å². The predicted molar refractivity (Wildman–Crippen MR) is 127 cm³/mol. The van der Waals surface area contributed by atoms with Crippen molar-refractivity contribution in [3.8, 4) is 0 Å². The molecule has 0 saturated carbocycles. The lowest BCUT2D eigenvalue weighted by molar-refractivity contribution is 0.0564. The van der Waals surface area contributed by atoms with Crippen LogP contribution >= 0.6 is 0 Å². The molecule has 2 heterocycles. The zero-order chi connectivity index (χ0) is 23.3. The molecule has 0 bridgehead atoms. The van der Waals surface area contributed by atoms with Crippen molar-refractivity contribution in [1.29, 1.82) is 0 Å². The van der Waals surface area contributed by atoms with Gasteiger partial charge in [0.1, 0.15) is 11.4 Å². The molecule has 2 aromatic rings. The molecule has 1 aliphatic heterocycles. The lowest BCUT2D eigenvalue weighted by Gasteiger charge is -2.39. The van der Waals surface area contributed by atoms with Gasteiger partial charge in [-0.25, -0.2) is 9.78 Å². The second kappa shape index (κ2) is 10.2. The summed E-state index contributed by atoms with van der Waals surface area (Å²) in [5.74, 6) is 0.589.